The highest BCUT2D eigenvalue weighted by Crippen LogP contribution is 2.23. The molecule has 0 saturated heterocycles. The topological polar surface area (TPSA) is 12.0 Å². The fraction of sp³-hybridized carbons (Fsp3) is 0.571. The van der Waals surface area contributed by atoms with Crippen LogP contribution in [0.1, 0.15) is 40.0 Å². The van der Waals surface area contributed by atoms with Crippen LogP contribution in [0.3, 0.4) is 0 Å². The minimum atomic E-state index is 0.430. The first-order valence-corrected chi connectivity index (χ1v) is 6.82. The lowest BCUT2D eigenvalue weighted by Gasteiger charge is -2.17. The van der Waals surface area contributed by atoms with Crippen LogP contribution in [0.25, 0.3) is 0 Å². The number of anilines is 1. The van der Waals surface area contributed by atoms with Gasteiger partial charge in [0.1, 0.15) is 0 Å². The molecule has 0 aliphatic carbocycles. The number of hydrogen-bond donors (Lipinski definition) is 1. The molecule has 0 amide bonds. The molecule has 0 spiro atoms. The first-order valence-electron chi connectivity index (χ1n) is 6.07. The van der Waals surface area contributed by atoms with E-state index in [4.69, 9.17) is 23.2 Å². The summed E-state index contributed by atoms with van der Waals surface area (Å²) in [6.07, 6.45) is 3.66. The van der Waals surface area contributed by atoms with Crippen LogP contribution in [0.4, 0.5) is 5.69 Å². The number of unbranched alkanes of at least 4 members (excludes halogenated alkanes) is 1. The zero-order valence-corrected chi connectivity index (χ0v) is 12.3. The van der Waals surface area contributed by atoms with Crippen molar-refractivity contribution in [2.75, 3.05) is 11.9 Å². The molecule has 0 fully saturated rings. The summed E-state index contributed by atoms with van der Waals surface area (Å²) in [6.45, 7) is 7.79. The number of hydrogen-bond acceptors (Lipinski definition) is 1. The van der Waals surface area contributed by atoms with Crippen LogP contribution in [0.15, 0.2) is 18.2 Å². The van der Waals surface area contributed by atoms with Gasteiger partial charge < -0.3 is 5.32 Å². The molecular weight excluding hydrogens is 253 g/mol. The number of halogens is 2. The monoisotopic (exact) mass is 273 g/mol. The van der Waals surface area contributed by atoms with Crippen molar-refractivity contribution in [1.82, 2.24) is 0 Å². The lowest BCUT2D eigenvalue weighted by molar-refractivity contribution is 0.362. The Morgan fingerprint density at radius 2 is 1.59 bits per heavy atom. The quantitative estimate of drug-likeness (QED) is 0.687. The summed E-state index contributed by atoms with van der Waals surface area (Å²) in [4.78, 5) is 0. The van der Waals surface area contributed by atoms with Gasteiger partial charge in [-0.2, -0.15) is 0 Å². The van der Waals surface area contributed by atoms with Gasteiger partial charge in [-0.05, 0) is 36.5 Å². The molecule has 0 radical (unpaired) electrons. The van der Waals surface area contributed by atoms with Crippen molar-refractivity contribution in [2.45, 2.75) is 40.0 Å². The molecular formula is C14H21Cl2N. The molecule has 96 valence electrons. The van der Waals surface area contributed by atoms with E-state index in [0.29, 0.717) is 15.5 Å². The Labute approximate surface area is 115 Å². The third kappa shape index (κ3) is 6.80. The molecule has 1 aromatic carbocycles. The van der Waals surface area contributed by atoms with E-state index in [0.717, 1.165) is 12.2 Å². The van der Waals surface area contributed by atoms with Crippen LogP contribution in [0.2, 0.25) is 10.0 Å². The molecule has 0 aromatic heterocycles. The molecule has 17 heavy (non-hydrogen) atoms. The Morgan fingerprint density at radius 1 is 1.00 bits per heavy atom. The van der Waals surface area contributed by atoms with Gasteiger partial charge in [-0.25, -0.2) is 0 Å². The highest BCUT2D eigenvalue weighted by atomic mass is 35.5. The van der Waals surface area contributed by atoms with Gasteiger partial charge in [-0.15, -0.1) is 0 Å². The van der Waals surface area contributed by atoms with Crippen LogP contribution in [-0.4, -0.2) is 6.54 Å². The second-order valence-electron chi connectivity index (χ2n) is 5.60. The van der Waals surface area contributed by atoms with Crippen molar-refractivity contribution in [2.24, 2.45) is 5.41 Å². The van der Waals surface area contributed by atoms with Gasteiger partial charge in [-0.3, -0.25) is 0 Å². The Morgan fingerprint density at radius 3 is 2.12 bits per heavy atom. The summed E-state index contributed by atoms with van der Waals surface area (Å²) >= 11 is 11.9. The Hall–Kier alpha value is -0.400. The maximum atomic E-state index is 5.93. The van der Waals surface area contributed by atoms with Crippen LogP contribution >= 0.6 is 23.2 Å². The predicted molar refractivity (Wildman–Crippen MR) is 78.3 cm³/mol. The van der Waals surface area contributed by atoms with Gasteiger partial charge in [-0.1, -0.05) is 50.4 Å². The Kier molecular flexibility index (Phi) is 5.61. The largest absolute Gasteiger partial charge is 0.385 e. The van der Waals surface area contributed by atoms with Gasteiger partial charge in [0.2, 0.25) is 0 Å². The smallest absolute Gasteiger partial charge is 0.0441 e. The summed E-state index contributed by atoms with van der Waals surface area (Å²) < 4.78 is 0. The molecule has 1 N–H and O–H groups in total. The van der Waals surface area contributed by atoms with Gasteiger partial charge in [0.25, 0.3) is 0 Å². The fourth-order valence-electron chi connectivity index (χ4n) is 1.67. The van der Waals surface area contributed by atoms with E-state index in [1.807, 2.05) is 12.1 Å². The summed E-state index contributed by atoms with van der Waals surface area (Å²) in [7, 11) is 0. The first-order chi connectivity index (χ1) is 7.87. The Bertz CT molecular complexity index is 335. The van der Waals surface area contributed by atoms with E-state index >= 15 is 0 Å². The number of rotatable bonds is 5. The van der Waals surface area contributed by atoms with Crippen molar-refractivity contribution in [3.8, 4) is 0 Å². The van der Waals surface area contributed by atoms with Crippen LogP contribution in [0, 0.1) is 5.41 Å². The third-order valence-corrected chi connectivity index (χ3v) is 2.98. The first kappa shape index (κ1) is 14.7. The molecule has 0 saturated carbocycles. The lowest BCUT2D eigenvalue weighted by atomic mass is 9.90. The van der Waals surface area contributed by atoms with Crippen LogP contribution in [-0.2, 0) is 0 Å². The van der Waals surface area contributed by atoms with E-state index in [9.17, 15) is 0 Å². The summed E-state index contributed by atoms with van der Waals surface area (Å²) in [6, 6.07) is 5.54. The number of nitrogens with one attached hydrogen (secondary N) is 1. The third-order valence-electron chi connectivity index (χ3n) is 2.55. The zero-order valence-electron chi connectivity index (χ0n) is 10.8. The SMILES string of the molecule is CC(C)(C)CCCCNc1cc(Cl)cc(Cl)c1. The molecule has 0 bridgehead atoms. The molecule has 1 aromatic rings. The molecule has 3 heteroatoms. The van der Waals surface area contributed by atoms with E-state index in [1.54, 1.807) is 6.07 Å². The molecule has 1 nitrogen and oxygen atoms in total. The average Bonchev–Trinajstić information content (AvgIpc) is 2.13. The molecule has 0 unspecified atom stereocenters. The van der Waals surface area contributed by atoms with Crippen LogP contribution in [0.5, 0.6) is 0 Å². The minimum absolute atomic E-state index is 0.430. The molecule has 1 rings (SSSR count). The van der Waals surface area contributed by atoms with Crippen molar-refractivity contribution < 1.29 is 0 Å². The fourth-order valence-corrected chi connectivity index (χ4v) is 2.19. The average molecular weight is 274 g/mol. The van der Waals surface area contributed by atoms with Crippen molar-refractivity contribution >= 4 is 28.9 Å². The summed E-state index contributed by atoms with van der Waals surface area (Å²) in [5.74, 6) is 0. The molecule has 0 aliphatic heterocycles. The maximum absolute atomic E-state index is 5.93. The van der Waals surface area contributed by atoms with E-state index in [1.165, 1.54) is 19.3 Å². The molecule has 0 heterocycles. The number of benzene rings is 1. The standard InChI is InChI=1S/C14H21Cl2N/c1-14(2,3)6-4-5-7-17-13-9-11(15)8-12(16)10-13/h8-10,17H,4-7H2,1-3H3. The molecule has 0 aliphatic rings. The van der Waals surface area contributed by atoms with Crippen molar-refractivity contribution in [3.05, 3.63) is 28.2 Å². The van der Waals surface area contributed by atoms with E-state index in [2.05, 4.69) is 26.1 Å². The summed E-state index contributed by atoms with van der Waals surface area (Å²) in [5, 5.41) is 4.69. The second-order valence-corrected chi connectivity index (χ2v) is 6.48. The summed E-state index contributed by atoms with van der Waals surface area (Å²) in [5.41, 5.74) is 1.43. The van der Waals surface area contributed by atoms with E-state index in [-0.39, 0.29) is 0 Å². The van der Waals surface area contributed by atoms with E-state index < -0.39 is 0 Å². The maximum Gasteiger partial charge on any atom is 0.0441 e. The van der Waals surface area contributed by atoms with Crippen molar-refractivity contribution in [1.29, 1.82) is 0 Å². The van der Waals surface area contributed by atoms with Gasteiger partial charge >= 0.3 is 0 Å². The Balaban J connectivity index is 2.27. The van der Waals surface area contributed by atoms with Gasteiger partial charge in [0, 0.05) is 22.3 Å². The lowest BCUT2D eigenvalue weighted by Crippen LogP contribution is -2.07. The normalized spacial score (nSPS) is 11.6. The highest BCUT2D eigenvalue weighted by molar-refractivity contribution is 6.35. The van der Waals surface area contributed by atoms with Crippen LogP contribution < -0.4 is 5.32 Å². The highest BCUT2D eigenvalue weighted by Gasteiger charge is 2.08. The minimum Gasteiger partial charge on any atom is -0.385 e. The van der Waals surface area contributed by atoms with Gasteiger partial charge in [0.15, 0.2) is 0 Å². The van der Waals surface area contributed by atoms with Crippen molar-refractivity contribution in [3.63, 3.8) is 0 Å². The zero-order chi connectivity index (χ0) is 12.9. The van der Waals surface area contributed by atoms with Gasteiger partial charge in [0.05, 0.1) is 0 Å². The molecule has 0 atom stereocenters. The predicted octanol–water partition coefficient (Wildman–Crippen LogP) is 5.62. The second kappa shape index (κ2) is 6.51.